The molecule has 1 fully saturated rings. The molecule has 0 bridgehead atoms. The molecule has 94 valence electrons. The number of nitrogens with one attached hydrogen (secondary N) is 1. The van der Waals surface area contributed by atoms with Gasteiger partial charge in [0.2, 0.25) is 0 Å². The van der Waals surface area contributed by atoms with E-state index >= 15 is 0 Å². The van der Waals surface area contributed by atoms with Crippen LogP contribution in [0.25, 0.3) is 0 Å². The predicted octanol–water partition coefficient (Wildman–Crippen LogP) is 2.80. The van der Waals surface area contributed by atoms with Crippen molar-refractivity contribution in [2.45, 2.75) is 70.9 Å². The lowest BCUT2D eigenvalue weighted by Gasteiger charge is -2.30. The molecule has 1 saturated carbocycles. The fraction of sp³-hybridized carbons (Fsp3) is 0.923. The molecular formula is C13H25NO2. The van der Waals surface area contributed by atoms with Crippen LogP contribution < -0.4 is 5.32 Å². The minimum absolute atomic E-state index is 0.340. The van der Waals surface area contributed by atoms with E-state index in [2.05, 4.69) is 12.2 Å². The third-order valence-corrected chi connectivity index (χ3v) is 3.74. The highest BCUT2D eigenvalue weighted by molar-refractivity contribution is 5.73. The van der Waals surface area contributed by atoms with Gasteiger partial charge in [-0.15, -0.1) is 0 Å². The molecule has 0 radical (unpaired) electrons. The summed E-state index contributed by atoms with van der Waals surface area (Å²) in [6, 6.07) is 0.0867. The zero-order valence-corrected chi connectivity index (χ0v) is 10.5. The van der Waals surface area contributed by atoms with Gasteiger partial charge in [0.1, 0.15) is 6.04 Å². The first-order valence-electron chi connectivity index (χ1n) is 6.66. The minimum atomic E-state index is -0.695. The molecule has 2 N–H and O–H groups in total. The van der Waals surface area contributed by atoms with Crippen molar-refractivity contribution in [2.24, 2.45) is 5.92 Å². The fourth-order valence-corrected chi connectivity index (χ4v) is 2.59. The lowest BCUT2D eigenvalue weighted by molar-refractivity contribution is -0.140. The number of carbonyl (C=O) groups is 1. The summed E-state index contributed by atoms with van der Waals surface area (Å²) in [5, 5.41) is 12.4. The molecule has 0 saturated heterocycles. The van der Waals surface area contributed by atoms with E-state index in [1.54, 1.807) is 0 Å². The van der Waals surface area contributed by atoms with Crippen LogP contribution in [0.1, 0.15) is 58.8 Å². The van der Waals surface area contributed by atoms with E-state index in [0.717, 1.165) is 31.6 Å². The van der Waals surface area contributed by atoms with Gasteiger partial charge in [-0.2, -0.15) is 0 Å². The molecule has 1 atom stereocenters. The summed E-state index contributed by atoms with van der Waals surface area (Å²) < 4.78 is 0. The van der Waals surface area contributed by atoms with E-state index in [9.17, 15) is 4.79 Å². The lowest BCUT2D eigenvalue weighted by Crippen LogP contribution is -2.44. The molecule has 0 heterocycles. The molecule has 1 rings (SSSR count). The van der Waals surface area contributed by atoms with Crippen molar-refractivity contribution < 1.29 is 9.90 Å². The molecule has 1 aliphatic carbocycles. The maximum absolute atomic E-state index is 11.0. The Labute approximate surface area is 98.6 Å². The van der Waals surface area contributed by atoms with Crippen molar-refractivity contribution in [3.8, 4) is 0 Å². The zero-order chi connectivity index (χ0) is 12.0. The van der Waals surface area contributed by atoms with E-state index in [1.807, 2.05) is 6.92 Å². The van der Waals surface area contributed by atoms with Crippen molar-refractivity contribution in [3.63, 3.8) is 0 Å². The van der Waals surface area contributed by atoms with Gasteiger partial charge in [0.15, 0.2) is 0 Å². The van der Waals surface area contributed by atoms with Crippen LogP contribution in [-0.2, 0) is 4.79 Å². The van der Waals surface area contributed by atoms with Crippen LogP contribution in [0.3, 0.4) is 0 Å². The minimum Gasteiger partial charge on any atom is -0.480 e. The molecule has 0 aromatic heterocycles. The van der Waals surface area contributed by atoms with Gasteiger partial charge < -0.3 is 10.4 Å². The molecule has 3 nitrogen and oxygen atoms in total. The highest BCUT2D eigenvalue weighted by Gasteiger charge is 2.24. The monoisotopic (exact) mass is 227 g/mol. The Morgan fingerprint density at radius 1 is 1.31 bits per heavy atom. The SMILES string of the molecule is CCCC(NC1CCC(CC)CC1)C(=O)O. The molecule has 16 heavy (non-hydrogen) atoms. The van der Waals surface area contributed by atoms with Crippen LogP contribution in [0.2, 0.25) is 0 Å². The van der Waals surface area contributed by atoms with Gasteiger partial charge in [-0.3, -0.25) is 4.79 Å². The van der Waals surface area contributed by atoms with Gasteiger partial charge >= 0.3 is 5.97 Å². The Morgan fingerprint density at radius 3 is 2.38 bits per heavy atom. The van der Waals surface area contributed by atoms with Crippen molar-refractivity contribution in [3.05, 3.63) is 0 Å². The average Bonchev–Trinajstić information content (AvgIpc) is 2.29. The Bertz CT molecular complexity index is 210. The second-order valence-corrected chi connectivity index (χ2v) is 4.97. The summed E-state index contributed by atoms with van der Waals surface area (Å²) in [5.74, 6) is 0.173. The number of rotatable bonds is 6. The van der Waals surface area contributed by atoms with Gasteiger partial charge in [0.25, 0.3) is 0 Å². The highest BCUT2D eigenvalue weighted by atomic mass is 16.4. The number of carboxylic acid groups (broad SMARTS) is 1. The van der Waals surface area contributed by atoms with Crippen LogP contribution in [0, 0.1) is 5.92 Å². The topological polar surface area (TPSA) is 49.3 Å². The van der Waals surface area contributed by atoms with Gasteiger partial charge in [0.05, 0.1) is 0 Å². The largest absolute Gasteiger partial charge is 0.480 e. The summed E-state index contributed by atoms with van der Waals surface area (Å²) in [5.41, 5.74) is 0. The van der Waals surface area contributed by atoms with Crippen molar-refractivity contribution in [1.29, 1.82) is 0 Å². The molecule has 3 heteroatoms. The number of hydrogen-bond donors (Lipinski definition) is 2. The zero-order valence-electron chi connectivity index (χ0n) is 10.5. The number of hydrogen-bond acceptors (Lipinski definition) is 2. The van der Waals surface area contributed by atoms with E-state index in [4.69, 9.17) is 5.11 Å². The number of carboxylic acids is 1. The Kier molecular flexibility index (Phi) is 5.81. The van der Waals surface area contributed by atoms with Gasteiger partial charge in [-0.1, -0.05) is 26.7 Å². The van der Waals surface area contributed by atoms with Crippen LogP contribution in [0.15, 0.2) is 0 Å². The third-order valence-electron chi connectivity index (χ3n) is 3.74. The summed E-state index contributed by atoms with van der Waals surface area (Å²) in [6.07, 6.45) is 7.73. The summed E-state index contributed by atoms with van der Waals surface area (Å²) >= 11 is 0. The first-order valence-corrected chi connectivity index (χ1v) is 6.66. The molecule has 1 unspecified atom stereocenters. The summed E-state index contributed by atoms with van der Waals surface area (Å²) in [7, 11) is 0. The third kappa shape index (κ3) is 4.12. The quantitative estimate of drug-likeness (QED) is 0.733. The van der Waals surface area contributed by atoms with Crippen LogP contribution in [-0.4, -0.2) is 23.2 Å². The van der Waals surface area contributed by atoms with E-state index in [0.29, 0.717) is 6.04 Å². The normalized spacial score (nSPS) is 27.6. The maximum atomic E-state index is 11.0. The predicted molar refractivity (Wildman–Crippen MR) is 65.5 cm³/mol. The van der Waals surface area contributed by atoms with Crippen molar-refractivity contribution >= 4 is 5.97 Å². The van der Waals surface area contributed by atoms with Gasteiger partial charge in [0, 0.05) is 6.04 Å². The molecule has 0 aromatic carbocycles. The molecule has 0 aliphatic heterocycles. The fourth-order valence-electron chi connectivity index (χ4n) is 2.59. The van der Waals surface area contributed by atoms with Crippen molar-refractivity contribution in [2.75, 3.05) is 0 Å². The Morgan fingerprint density at radius 2 is 1.94 bits per heavy atom. The van der Waals surface area contributed by atoms with Crippen LogP contribution >= 0.6 is 0 Å². The maximum Gasteiger partial charge on any atom is 0.320 e. The first-order chi connectivity index (χ1) is 7.67. The standard InChI is InChI=1S/C13H25NO2/c1-3-5-12(13(15)16)14-11-8-6-10(4-2)7-9-11/h10-12,14H,3-9H2,1-2H3,(H,15,16). The number of aliphatic carboxylic acids is 1. The first kappa shape index (κ1) is 13.5. The Hall–Kier alpha value is -0.570. The van der Waals surface area contributed by atoms with Gasteiger partial charge in [-0.25, -0.2) is 0 Å². The molecule has 0 spiro atoms. The van der Waals surface area contributed by atoms with Gasteiger partial charge in [-0.05, 0) is 38.0 Å². The summed E-state index contributed by atoms with van der Waals surface area (Å²) in [6.45, 7) is 4.28. The Balaban J connectivity index is 2.33. The van der Waals surface area contributed by atoms with E-state index in [-0.39, 0.29) is 6.04 Å². The molecule has 1 aliphatic rings. The van der Waals surface area contributed by atoms with Crippen LogP contribution in [0.4, 0.5) is 0 Å². The van der Waals surface area contributed by atoms with Crippen molar-refractivity contribution in [1.82, 2.24) is 5.32 Å². The molecule has 0 amide bonds. The molecular weight excluding hydrogens is 202 g/mol. The highest BCUT2D eigenvalue weighted by Crippen LogP contribution is 2.26. The second-order valence-electron chi connectivity index (χ2n) is 4.97. The average molecular weight is 227 g/mol. The molecule has 0 aromatic rings. The second kappa shape index (κ2) is 6.89. The lowest BCUT2D eigenvalue weighted by atomic mass is 9.84. The summed E-state index contributed by atoms with van der Waals surface area (Å²) in [4.78, 5) is 11.0. The van der Waals surface area contributed by atoms with E-state index < -0.39 is 5.97 Å². The van der Waals surface area contributed by atoms with Crippen LogP contribution in [0.5, 0.6) is 0 Å². The van der Waals surface area contributed by atoms with E-state index in [1.165, 1.54) is 19.3 Å². The smallest absolute Gasteiger partial charge is 0.320 e.